The van der Waals surface area contributed by atoms with Crippen molar-refractivity contribution in [2.45, 2.75) is 52.1 Å². The van der Waals surface area contributed by atoms with Crippen LogP contribution in [0.1, 0.15) is 39.8 Å². The first-order valence-electron chi connectivity index (χ1n) is 7.34. The molecule has 1 N–H and O–H groups in total. The minimum atomic E-state index is 0.0157. The topological polar surface area (TPSA) is 33.1 Å². The van der Waals surface area contributed by atoms with Crippen LogP contribution in [0.2, 0.25) is 5.02 Å². The highest BCUT2D eigenvalue weighted by Crippen LogP contribution is 2.32. The van der Waals surface area contributed by atoms with E-state index in [0.717, 1.165) is 36.8 Å². The van der Waals surface area contributed by atoms with Crippen LogP contribution < -0.4 is 5.32 Å². The highest BCUT2D eigenvalue weighted by Gasteiger charge is 2.27. The second-order valence-corrected chi connectivity index (χ2v) is 7.02. The zero-order valence-corrected chi connectivity index (χ0v) is 14.5. The molecule has 1 heterocycles. The Kier molecular flexibility index (Phi) is 6.49. The molecule has 1 rings (SSSR count). The maximum atomic E-state index is 6.37. The van der Waals surface area contributed by atoms with Crippen molar-refractivity contribution >= 4 is 11.6 Å². The lowest BCUT2D eigenvalue weighted by molar-refractivity contribution is 0.349. The molecular formula is C15H29ClN4. The summed E-state index contributed by atoms with van der Waals surface area (Å²) in [5, 5.41) is 8.68. The normalized spacial score (nSPS) is 12.7. The summed E-state index contributed by atoms with van der Waals surface area (Å²) in [6.45, 7) is 11.6. The number of likely N-dealkylation sites (N-methyl/N-ethyl adjacent to an activating group) is 1. The third-order valence-electron chi connectivity index (χ3n) is 3.50. The number of halogens is 1. The molecular weight excluding hydrogens is 272 g/mol. The number of aromatic nitrogens is 2. The molecule has 5 heteroatoms. The van der Waals surface area contributed by atoms with E-state index in [9.17, 15) is 0 Å². The van der Waals surface area contributed by atoms with Crippen LogP contribution in [0.3, 0.4) is 0 Å². The monoisotopic (exact) mass is 300 g/mol. The first kappa shape index (κ1) is 17.5. The fourth-order valence-corrected chi connectivity index (χ4v) is 2.69. The molecule has 1 aromatic heterocycles. The van der Waals surface area contributed by atoms with Gasteiger partial charge in [-0.1, -0.05) is 39.3 Å². The first-order chi connectivity index (χ1) is 9.24. The average molecular weight is 301 g/mol. The van der Waals surface area contributed by atoms with Gasteiger partial charge in [0.25, 0.3) is 0 Å². The molecule has 0 radical (unpaired) electrons. The van der Waals surface area contributed by atoms with Crippen LogP contribution in [0, 0.1) is 0 Å². The van der Waals surface area contributed by atoms with Gasteiger partial charge >= 0.3 is 0 Å². The third-order valence-corrected chi connectivity index (χ3v) is 3.77. The second-order valence-electron chi connectivity index (χ2n) is 6.61. The van der Waals surface area contributed by atoms with E-state index in [2.05, 4.69) is 61.8 Å². The molecule has 0 aliphatic heterocycles. The van der Waals surface area contributed by atoms with Crippen LogP contribution in [-0.4, -0.2) is 47.9 Å². The van der Waals surface area contributed by atoms with E-state index in [1.54, 1.807) is 6.20 Å². The van der Waals surface area contributed by atoms with E-state index >= 15 is 0 Å². The Bertz CT molecular complexity index is 410. The first-order valence-corrected chi connectivity index (χ1v) is 7.71. The lowest BCUT2D eigenvalue weighted by Gasteiger charge is -2.27. The molecule has 20 heavy (non-hydrogen) atoms. The molecule has 0 fully saturated rings. The second kappa shape index (κ2) is 7.43. The number of hydrogen-bond donors (Lipinski definition) is 1. The van der Waals surface area contributed by atoms with Gasteiger partial charge in [-0.05, 0) is 27.1 Å². The van der Waals surface area contributed by atoms with Gasteiger partial charge < -0.3 is 10.2 Å². The van der Waals surface area contributed by atoms with Crippen molar-refractivity contribution < 1.29 is 0 Å². The van der Waals surface area contributed by atoms with Gasteiger partial charge in [-0.25, -0.2) is 0 Å². The summed E-state index contributed by atoms with van der Waals surface area (Å²) in [5.41, 5.74) is 1.16. The maximum Gasteiger partial charge on any atom is 0.0823 e. The van der Waals surface area contributed by atoms with Crippen molar-refractivity contribution in [3.63, 3.8) is 0 Å². The van der Waals surface area contributed by atoms with E-state index in [4.69, 9.17) is 11.6 Å². The van der Waals surface area contributed by atoms with Gasteiger partial charge in [-0.3, -0.25) is 4.68 Å². The van der Waals surface area contributed by atoms with Gasteiger partial charge in [0.1, 0.15) is 0 Å². The van der Waals surface area contributed by atoms with Crippen LogP contribution in [0.25, 0.3) is 0 Å². The molecule has 0 unspecified atom stereocenters. The summed E-state index contributed by atoms with van der Waals surface area (Å²) in [6.07, 6.45) is 2.81. The van der Waals surface area contributed by atoms with Gasteiger partial charge in [0.05, 0.1) is 23.5 Å². The molecule has 1 aromatic rings. The Morgan fingerprint density at radius 1 is 1.40 bits per heavy atom. The van der Waals surface area contributed by atoms with Crippen molar-refractivity contribution in [1.29, 1.82) is 0 Å². The van der Waals surface area contributed by atoms with Crippen LogP contribution in [-0.2, 0) is 12.0 Å². The van der Waals surface area contributed by atoms with Gasteiger partial charge in [-0.2, -0.15) is 5.10 Å². The minimum Gasteiger partial charge on any atom is -0.314 e. The van der Waals surface area contributed by atoms with E-state index in [-0.39, 0.29) is 5.41 Å². The lowest BCUT2D eigenvalue weighted by Crippen LogP contribution is -2.32. The smallest absolute Gasteiger partial charge is 0.0823 e. The van der Waals surface area contributed by atoms with Gasteiger partial charge in [0.2, 0.25) is 0 Å². The zero-order valence-electron chi connectivity index (χ0n) is 13.7. The van der Waals surface area contributed by atoms with E-state index in [1.807, 2.05) is 0 Å². The Balaban J connectivity index is 2.79. The van der Waals surface area contributed by atoms with Crippen LogP contribution in [0.15, 0.2) is 6.20 Å². The maximum absolute atomic E-state index is 6.37. The van der Waals surface area contributed by atoms with Crippen LogP contribution in [0.5, 0.6) is 0 Å². The van der Waals surface area contributed by atoms with Crippen LogP contribution >= 0.6 is 11.6 Å². The highest BCUT2D eigenvalue weighted by molar-refractivity contribution is 6.31. The predicted octanol–water partition coefficient (Wildman–Crippen LogP) is 2.76. The summed E-state index contributed by atoms with van der Waals surface area (Å²) < 4.78 is 2.05. The molecule has 0 aliphatic carbocycles. The van der Waals surface area contributed by atoms with Gasteiger partial charge in [-0.15, -0.1) is 0 Å². The summed E-state index contributed by atoms with van der Waals surface area (Å²) in [7, 11) is 4.14. The minimum absolute atomic E-state index is 0.0157. The van der Waals surface area contributed by atoms with Gasteiger partial charge in [0, 0.05) is 18.0 Å². The van der Waals surface area contributed by atoms with Crippen molar-refractivity contribution in [2.24, 2.45) is 0 Å². The van der Waals surface area contributed by atoms with Crippen molar-refractivity contribution in [1.82, 2.24) is 20.0 Å². The molecule has 0 aliphatic rings. The number of nitrogens with zero attached hydrogens (tertiary/aromatic N) is 3. The van der Waals surface area contributed by atoms with Crippen molar-refractivity contribution in [3.8, 4) is 0 Å². The summed E-state index contributed by atoms with van der Waals surface area (Å²) in [5.74, 6) is 0. The highest BCUT2D eigenvalue weighted by atomic mass is 35.5. The Morgan fingerprint density at radius 3 is 2.60 bits per heavy atom. The fraction of sp³-hybridized carbons (Fsp3) is 0.800. The predicted molar refractivity (Wildman–Crippen MR) is 86.6 cm³/mol. The summed E-state index contributed by atoms with van der Waals surface area (Å²) in [6, 6.07) is 0.514. The molecule has 0 saturated heterocycles. The molecule has 0 spiro atoms. The quantitative estimate of drug-likeness (QED) is 0.801. The number of nitrogens with one attached hydrogen (secondary N) is 1. The van der Waals surface area contributed by atoms with Crippen molar-refractivity contribution in [2.75, 3.05) is 27.2 Å². The molecule has 0 aromatic carbocycles. The Labute approximate surface area is 128 Å². The van der Waals surface area contributed by atoms with E-state index in [1.165, 1.54) is 0 Å². The molecule has 0 atom stereocenters. The molecule has 4 nitrogen and oxygen atoms in total. The van der Waals surface area contributed by atoms with E-state index in [0.29, 0.717) is 6.04 Å². The summed E-state index contributed by atoms with van der Waals surface area (Å²) in [4.78, 5) is 2.16. The SMILES string of the molecule is CC(C)NCCC(C)(C)c1c(Cl)cnn1CCN(C)C. The molecule has 0 bridgehead atoms. The third kappa shape index (κ3) is 5.08. The van der Waals surface area contributed by atoms with Gasteiger partial charge in [0.15, 0.2) is 0 Å². The average Bonchev–Trinajstić information content (AvgIpc) is 2.67. The Hall–Kier alpha value is -0.580. The van der Waals surface area contributed by atoms with E-state index < -0.39 is 0 Å². The molecule has 0 amide bonds. The summed E-state index contributed by atoms with van der Waals surface area (Å²) >= 11 is 6.37. The largest absolute Gasteiger partial charge is 0.314 e. The standard InChI is InChI=1S/C15H29ClN4/c1-12(2)17-8-7-15(3,4)14-13(16)11-18-20(14)10-9-19(5)6/h11-12,17H,7-10H2,1-6H3. The number of rotatable bonds is 8. The zero-order chi connectivity index (χ0) is 15.3. The lowest BCUT2D eigenvalue weighted by atomic mass is 9.85. The molecule has 116 valence electrons. The molecule has 0 saturated carbocycles. The van der Waals surface area contributed by atoms with Crippen molar-refractivity contribution in [3.05, 3.63) is 16.9 Å². The Morgan fingerprint density at radius 2 is 2.05 bits per heavy atom. The fourth-order valence-electron chi connectivity index (χ4n) is 2.29. The number of hydrogen-bond acceptors (Lipinski definition) is 3. The van der Waals surface area contributed by atoms with Crippen LogP contribution in [0.4, 0.5) is 0 Å².